The van der Waals surface area contributed by atoms with Gasteiger partial charge in [-0.2, -0.15) is 0 Å². The van der Waals surface area contributed by atoms with Crippen molar-refractivity contribution in [3.63, 3.8) is 0 Å². The summed E-state index contributed by atoms with van der Waals surface area (Å²) in [5.74, 6) is 0.491. The first-order valence-corrected chi connectivity index (χ1v) is 6.35. The van der Waals surface area contributed by atoms with Crippen LogP contribution in [0.1, 0.15) is 22.6 Å². The van der Waals surface area contributed by atoms with Gasteiger partial charge in [-0.3, -0.25) is 0 Å². The molecule has 96 valence electrons. The van der Waals surface area contributed by atoms with E-state index in [1.54, 1.807) is 12.1 Å². The molecule has 0 aliphatic rings. The van der Waals surface area contributed by atoms with Gasteiger partial charge in [-0.05, 0) is 30.2 Å². The van der Waals surface area contributed by atoms with Gasteiger partial charge in [0.2, 0.25) is 0 Å². The van der Waals surface area contributed by atoms with Gasteiger partial charge >= 0.3 is 0 Å². The summed E-state index contributed by atoms with van der Waals surface area (Å²) in [6.07, 6.45) is 6.09. The fourth-order valence-electron chi connectivity index (χ4n) is 1.91. The number of rotatable bonds is 4. The number of aromatic hydroxyl groups is 1. The van der Waals surface area contributed by atoms with Gasteiger partial charge in [0.25, 0.3) is 0 Å². The van der Waals surface area contributed by atoms with Crippen LogP contribution in [0.2, 0.25) is 0 Å². The number of phenolic OH excluding ortho intramolecular Hbond substituents is 1. The molecule has 0 amide bonds. The second kappa shape index (κ2) is 6.05. The normalized spacial score (nSPS) is 12.5. The minimum Gasteiger partial charge on any atom is -0.508 e. The van der Waals surface area contributed by atoms with E-state index < -0.39 is 0 Å². The number of hydrogen-bond acceptors (Lipinski definition) is 1. The van der Waals surface area contributed by atoms with Crippen LogP contribution in [-0.2, 0) is 0 Å². The number of aryl methyl sites for hydroxylation is 1. The van der Waals surface area contributed by atoms with E-state index in [1.165, 1.54) is 11.1 Å². The zero-order valence-electron chi connectivity index (χ0n) is 11.1. The van der Waals surface area contributed by atoms with Crippen molar-refractivity contribution in [3.05, 3.63) is 84.0 Å². The standard InChI is InChI=1S/C18H18O/c1-3-16(17-9-4-14(2)5-10-17)11-6-15-7-12-18(19)13-8-15/h3-13,16,19H,1H2,2H3. The van der Waals surface area contributed by atoms with Gasteiger partial charge in [0.05, 0.1) is 0 Å². The lowest BCUT2D eigenvalue weighted by atomic mass is 9.97. The number of hydrogen-bond donors (Lipinski definition) is 1. The number of benzene rings is 2. The Kier molecular flexibility index (Phi) is 4.19. The molecule has 0 fully saturated rings. The fraction of sp³-hybridized carbons (Fsp3) is 0.111. The molecule has 0 heterocycles. The van der Waals surface area contributed by atoms with Crippen LogP contribution in [0.25, 0.3) is 6.08 Å². The van der Waals surface area contributed by atoms with Crippen molar-refractivity contribution in [1.29, 1.82) is 0 Å². The molecule has 0 saturated carbocycles. The predicted molar refractivity (Wildman–Crippen MR) is 81.3 cm³/mol. The van der Waals surface area contributed by atoms with Crippen LogP contribution in [0, 0.1) is 6.92 Å². The van der Waals surface area contributed by atoms with Gasteiger partial charge in [0.15, 0.2) is 0 Å². The van der Waals surface area contributed by atoms with Crippen molar-refractivity contribution in [2.24, 2.45) is 0 Å². The molecule has 1 nitrogen and oxygen atoms in total. The molecular formula is C18H18O. The van der Waals surface area contributed by atoms with Crippen molar-refractivity contribution in [1.82, 2.24) is 0 Å². The Labute approximate surface area is 114 Å². The summed E-state index contributed by atoms with van der Waals surface area (Å²) in [4.78, 5) is 0. The fourth-order valence-corrected chi connectivity index (χ4v) is 1.91. The summed E-state index contributed by atoms with van der Waals surface area (Å²) >= 11 is 0. The van der Waals surface area contributed by atoms with E-state index in [9.17, 15) is 5.11 Å². The van der Waals surface area contributed by atoms with E-state index in [0.717, 1.165) is 5.56 Å². The van der Waals surface area contributed by atoms with E-state index >= 15 is 0 Å². The number of phenols is 1. The molecule has 1 heteroatoms. The molecule has 0 bridgehead atoms. The molecule has 1 atom stereocenters. The third-order valence-electron chi connectivity index (χ3n) is 3.11. The molecule has 0 radical (unpaired) electrons. The van der Waals surface area contributed by atoms with Crippen LogP contribution in [0.15, 0.2) is 67.3 Å². The van der Waals surface area contributed by atoms with Crippen molar-refractivity contribution in [2.45, 2.75) is 12.8 Å². The van der Waals surface area contributed by atoms with Crippen LogP contribution in [0.3, 0.4) is 0 Å². The highest BCUT2D eigenvalue weighted by Crippen LogP contribution is 2.21. The van der Waals surface area contributed by atoms with E-state index in [4.69, 9.17) is 0 Å². The summed E-state index contributed by atoms with van der Waals surface area (Å²) in [6, 6.07) is 15.6. The monoisotopic (exact) mass is 250 g/mol. The third kappa shape index (κ3) is 3.59. The van der Waals surface area contributed by atoms with Crippen LogP contribution in [-0.4, -0.2) is 5.11 Å². The maximum atomic E-state index is 9.24. The molecule has 0 aromatic heterocycles. The zero-order valence-corrected chi connectivity index (χ0v) is 11.1. The van der Waals surface area contributed by atoms with Crippen molar-refractivity contribution < 1.29 is 5.11 Å². The van der Waals surface area contributed by atoms with E-state index in [0.29, 0.717) is 0 Å². The summed E-state index contributed by atoms with van der Waals surface area (Å²) in [6.45, 7) is 5.98. The Bertz CT molecular complexity index is 562. The number of allylic oxidation sites excluding steroid dienone is 2. The Balaban J connectivity index is 2.17. The van der Waals surface area contributed by atoms with Gasteiger partial charge in [-0.25, -0.2) is 0 Å². The molecule has 0 spiro atoms. The first-order valence-electron chi connectivity index (χ1n) is 6.35. The highest BCUT2D eigenvalue weighted by Gasteiger charge is 2.02. The van der Waals surface area contributed by atoms with Crippen molar-refractivity contribution in [2.75, 3.05) is 0 Å². The zero-order chi connectivity index (χ0) is 13.7. The third-order valence-corrected chi connectivity index (χ3v) is 3.11. The lowest BCUT2D eigenvalue weighted by Crippen LogP contribution is -1.90. The molecule has 1 unspecified atom stereocenters. The van der Waals surface area contributed by atoms with Gasteiger partial charge in [-0.1, -0.05) is 60.2 Å². The minimum atomic E-state index is 0.203. The van der Waals surface area contributed by atoms with Gasteiger partial charge in [0.1, 0.15) is 5.75 Å². The average molecular weight is 250 g/mol. The predicted octanol–water partition coefficient (Wildman–Crippen LogP) is 4.68. The first-order chi connectivity index (χ1) is 9.19. The van der Waals surface area contributed by atoms with Crippen molar-refractivity contribution >= 4 is 6.08 Å². The van der Waals surface area contributed by atoms with E-state index in [-0.39, 0.29) is 11.7 Å². The molecular weight excluding hydrogens is 232 g/mol. The molecule has 0 aliphatic carbocycles. The molecule has 0 aliphatic heterocycles. The Morgan fingerprint density at radius 3 is 2.21 bits per heavy atom. The second-order valence-electron chi connectivity index (χ2n) is 4.62. The topological polar surface area (TPSA) is 20.2 Å². The summed E-state index contributed by atoms with van der Waals surface area (Å²) in [7, 11) is 0. The molecule has 2 rings (SSSR count). The highest BCUT2D eigenvalue weighted by molar-refractivity contribution is 5.52. The molecule has 0 saturated heterocycles. The summed E-state index contributed by atoms with van der Waals surface area (Å²) in [5.41, 5.74) is 3.56. The van der Waals surface area contributed by atoms with Crippen LogP contribution in [0.5, 0.6) is 5.75 Å². The first kappa shape index (κ1) is 13.2. The molecule has 2 aromatic rings. The smallest absolute Gasteiger partial charge is 0.115 e. The summed E-state index contributed by atoms with van der Waals surface area (Å²) < 4.78 is 0. The van der Waals surface area contributed by atoms with Gasteiger partial charge < -0.3 is 5.11 Å². The van der Waals surface area contributed by atoms with Crippen molar-refractivity contribution in [3.8, 4) is 5.75 Å². The lowest BCUT2D eigenvalue weighted by Gasteiger charge is -2.08. The summed E-state index contributed by atoms with van der Waals surface area (Å²) in [5, 5.41) is 9.24. The lowest BCUT2D eigenvalue weighted by molar-refractivity contribution is 0.475. The SMILES string of the molecule is C=CC(C=Cc1ccc(O)cc1)c1ccc(C)cc1. The van der Waals surface area contributed by atoms with Gasteiger partial charge in [-0.15, -0.1) is 6.58 Å². The van der Waals surface area contributed by atoms with Crippen LogP contribution < -0.4 is 0 Å². The van der Waals surface area contributed by atoms with E-state index in [2.05, 4.69) is 43.8 Å². The maximum Gasteiger partial charge on any atom is 0.115 e. The second-order valence-corrected chi connectivity index (χ2v) is 4.62. The quantitative estimate of drug-likeness (QED) is 0.781. The van der Waals surface area contributed by atoms with Crippen LogP contribution in [0.4, 0.5) is 0 Å². The van der Waals surface area contributed by atoms with Gasteiger partial charge in [0, 0.05) is 5.92 Å². The molecule has 1 N–H and O–H groups in total. The highest BCUT2D eigenvalue weighted by atomic mass is 16.3. The van der Waals surface area contributed by atoms with E-state index in [1.807, 2.05) is 24.3 Å². The molecule has 2 aromatic carbocycles. The van der Waals surface area contributed by atoms with Crippen LogP contribution >= 0.6 is 0 Å². The Morgan fingerprint density at radius 2 is 1.63 bits per heavy atom. The molecule has 19 heavy (non-hydrogen) atoms. The minimum absolute atomic E-state index is 0.203. The maximum absolute atomic E-state index is 9.24. The largest absolute Gasteiger partial charge is 0.508 e. The Hall–Kier alpha value is -2.28. The average Bonchev–Trinajstić information content (AvgIpc) is 2.43. The Morgan fingerprint density at radius 1 is 1.00 bits per heavy atom.